The minimum atomic E-state index is 0.658. The third kappa shape index (κ3) is 6.10. The fraction of sp³-hybridized carbons (Fsp3) is 0.455. The Bertz CT molecular complexity index is 311. The minimum absolute atomic E-state index is 0.658. The lowest BCUT2D eigenvalue weighted by Crippen LogP contribution is -2.19. The topological polar surface area (TPSA) is 21.3 Å². The Labute approximate surface area is 103 Å². The summed E-state index contributed by atoms with van der Waals surface area (Å²) in [6.45, 7) is 8.91. The summed E-state index contributed by atoms with van der Waals surface area (Å²) in [5.41, 5.74) is 2.38. The largest absolute Gasteiger partial charge is 0.376 e. The highest BCUT2D eigenvalue weighted by Gasteiger charge is 1.96. The summed E-state index contributed by atoms with van der Waals surface area (Å²) < 4.78 is 6.55. The fourth-order valence-electron chi connectivity index (χ4n) is 1.06. The van der Waals surface area contributed by atoms with E-state index in [0.29, 0.717) is 6.61 Å². The number of hydrogen-bond acceptors (Lipinski definition) is 3. The standard InChI is InChI=1S/C11H16BrNOS/c1-9(2)7-14-4-3-13-6-10-5-11(12)15-8-10/h5,8,13H,1,3-4,6-7H2,2H3. The van der Waals surface area contributed by atoms with E-state index in [9.17, 15) is 0 Å². The van der Waals surface area contributed by atoms with E-state index >= 15 is 0 Å². The first-order chi connectivity index (χ1) is 7.18. The second kappa shape index (κ2) is 7.17. The molecule has 2 nitrogen and oxygen atoms in total. The normalized spacial score (nSPS) is 10.5. The van der Waals surface area contributed by atoms with Crippen LogP contribution >= 0.6 is 27.3 Å². The van der Waals surface area contributed by atoms with Gasteiger partial charge in [0.15, 0.2) is 0 Å². The number of rotatable bonds is 7. The lowest BCUT2D eigenvalue weighted by Gasteiger charge is -2.04. The zero-order valence-corrected chi connectivity index (χ0v) is 11.3. The first kappa shape index (κ1) is 12.9. The Kier molecular flexibility index (Phi) is 6.17. The maximum Gasteiger partial charge on any atom is 0.0701 e. The number of hydrogen-bond donors (Lipinski definition) is 1. The number of thiophene rings is 1. The molecule has 0 spiro atoms. The summed E-state index contributed by atoms with van der Waals surface area (Å²) in [6, 6.07) is 2.13. The summed E-state index contributed by atoms with van der Waals surface area (Å²) in [5.74, 6) is 0. The van der Waals surface area contributed by atoms with E-state index in [4.69, 9.17) is 4.74 Å². The summed E-state index contributed by atoms with van der Waals surface area (Å²) in [5, 5.41) is 5.46. The molecule has 0 saturated heterocycles. The van der Waals surface area contributed by atoms with Gasteiger partial charge in [0, 0.05) is 13.1 Å². The first-order valence-electron chi connectivity index (χ1n) is 4.84. The molecule has 1 N–H and O–H groups in total. The molecule has 0 amide bonds. The Balaban J connectivity index is 2.00. The van der Waals surface area contributed by atoms with Crippen molar-refractivity contribution in [1.29, 1.82) is 0 Å². The van der Waals surface area contributed by atoms with Crippen LogP contribution in [0.4, 0.5) is 0 Å². The van der Waals surface area contributed by atoms with Crippen molar-refractivity contribution in [2.24, 2.45) is 0 Å². The Morgan fingerprint density at radius 2 is 2.47 bits per heavy atom. The van der Waals surface area contributed by atoms with Gasteiger partial charge in [-0.1, -0.05) is 12.2 Å². The first-order valence-corrected chi connectivity index (χ1v) is 6.51. The number of halogens is 1. The molecule has 0 aliphatic heterocycles. The predicted molar refractivity (Wildman–Crippen MR) is 69.4 cm³/mol. The van der Waals surface area contributed by atoms with Crippen LogP contribution in [0, 0.1) is 0 Å². The molecule has 1 rings (SSSR count). The highest BCUT2D eigenvalue weighted by molar-refractivity contribution is 9.11. The Hall–Kier alpha value is -0.160. The van der Waals surface area contributed by atoms with Gasteiger partial charge in [-0.15, -0.1) is 11.3 Å². The molecule has 0 aliphatic carbocycles. The van der Waals surface area contributed by atoms with E-state index in [1.54, 1.807) is 11.3 Å². The van der Waals surface area contributed by atoms with Gasteiger partial charge in [-0.3, -0.25) is 0 Å². The lowest BCUT2D eigenvalue weighted by molar-refractivity contribution is 0.158. The molecule has 0 unspecified atom stereocenters. The van der Waals surface area contributed by atoms with E-state index in [2.05, 4.69) is 39.3 Å². The van der Waals surface area contributed by atoms with E-state index in [0.717, 1.165) is 25.3 Å². The second-order valence-corrected chi connectivity index (χ2v) is 5.74. The van der Waals surface area contributed by atoms with Crippen molar-refractivity contribution in [2.75, 3.05) is 19.8 Å². The lowest BCUT2D eigenvalue weighted by atomic mass is 10.3. The molecule has 0 radical (unpaired) electrons. The van der Waals surface area contributed by atoms with Crippen molar-refractivity contribution in [3.05, 3.63) is 32.9 Å². The van der Waals surface area contributed by atoms with Gasteiger partial charge in [-0.05, 0) is 39.9 Å². The molecule has 4 heteroatoms. The van der Waals surface area contributed by atoms with Crippen LogP contribution in [0.1, 0.15) is 12.5 Å². The molecule has 0 aliphatic rings. The molecule has 0 atom stereocenters. The van der Waals surface area contributed by atoms with Gasteiger partial charge in [0.1, 0.15) is 0 Å². The number of nitrogens with one attached hydrogen (secondary N) is 1. The Morgan fingerprint density at radius 1 is 1.67 bits per heavy atom. The average Bonchev–Trinajstić information content (AvgIpc) is 2.57. The van der Waals surface area contributed by atoms with Crippen molar-refractivity contribution in [2.45, 2.75) is 13.5 Å². The maximum absolute atomic E-state index is 5.37. The maximum atomic E-state index is 5.37. The summed E-state index contributed by atoms with van der Waals surface area (Å²) in [4.78, 5) is 0. The van der Waals surface area contributed by atoms with Crippen LogP contribution in [0.2, 0.25) is 0 Å². The van der Waals surface area contributed by atoms with Crippen LogP contribution in [0.15, 0.2) is 27.4 Å². The summed E-state index contributed by atoms with van der Waals surface area (Å²) in [6.07, 6.45) is 0. The van der Waals surface area contributed by atoms with Crippen LogP contribution in [-0.2, 0) is 11.3 Å². The molecule has 0 saturated carbocycles. The molecule has 1 aromatic rings. The van der Waals surface area contributed by atoms with Crippen molar-refractivity contribution < 1.29 is 4.74 Å². The quantitative estimate of drug-likeness (QED) is 0.615. The third-order valence-corrected chi connectivity index (χ3v) is 3.28. The summed E-state index contributed by atoms with van der Waals surface area (Å²) in [7, 11) is 0. The molecule has 0 bridgehead atoms. The average molecular weight is 290 g/mol. The predicted octanol–water partition coefficient (Wildman–Crippen LogP) is 3.19. The van der Waals surface area contributed by atoms with Crippen LogP contribution in [-0.4, -0.2) is 19.8 Å². The molecule has 0 aromatic carbocycles. The smallest absolute Gasteiger partial charge is 0.0701 e. The second-order valence-electron chi connectivity index (χ2n) is 3.45. The fourth-order valence-corrected chi connectivity index (χ4v) is 2.27. The zero-order valence-electron chi connectivity index (χ0n) is 8.88. The molecular formula is C11H16BrNOS. The van der Waals surface area contributed by atoms with E-state index in [-0.39, 0.29) is 0 Å². The van der Waals surface area contributed by atoms with Crippen molar-refractivity contribution in [3.8, 4) is 0 Å². The van der Waals surface area contributed by atoms with Gasteiger partial charge in [-0.2, -0.15) is 0 Å². The van der Waals surface area contributed by atoms with Gasteiger partial charge < -0.3 is 10.1 Å². The highest BCUT2D eigenvalue weighted by atomic mass is 79.9. The summed E-state index contributed by atoms with van der Waals surface area (Å²) >= 11 is 5.15. The van der Waals surface area contributed by atoms with Gasteiger partial charge in [0.05, 0.1) is 17.0 Å². The molecular weight excluding hydrogens is 274 g/mol. The van der Waals surface area contributed by atoms with Crippen LogP contribution in [0.5, 0.6) is 0 Å². The van der Waals surface area contributed by atoms with Gasteiger partial charge >= 0.3 is 0 Å². The number of ether oxygens (including phenoxy) is 1. The van der Waals surface area contributed by atoms with E-state index in [1.807, 2.05) is 6.92 Å². The Morgan fingerprint density at radius 3 is 3.07 bits per heavy atom. The third-order valence-electron chi connectivity index (χ3n) is 1.72. The molecule has 1 aromatic heterocycles. The molecule has 15 heavy (non-hydrogen) atoms. The SMILES string of the molecule is C=C(C)COCCNCc1csc(Br)c1. The van der Waals surface area contributed by atoms with Gasteiger partial charge in [-0.25, -0.2) is 0 Å². The minimum Gasteiger partial charge on any atom is -0.376 e. The van der Waals surface area contributed by atoms with Gasteiger partial charge in [0.2, 0.25) is 0 Å². The molecule has 84 valence electrons. The monoisotopic (exact) mass is 289 g/mol. The van der Waals surface area contributed by atoms with Crippen LogP contribution in [0.3, 0.4) is 0 Å². The van der Waals surface area contributed by atoms with Crippen LogP contribution in [0.25, 0.3) is 0 Å². The van der Waals surface area contributed by atoms with E-state index < -0.39 is 0 Å². The van der Waals surface area contributed by atoms with Crippen molar-refractivity contribution >= 4 is 27.3 Å². The molecule has 0 fully saturated rings. The van der Waals surface area contributed by atoms with Crippen molar-refractivity contribution in [3.63, 3.8) is 0 Å². The molecule has 1 heterocycles. The van der Waals surface area contributed by atoms with Crippen LogP contribution < -0.4 is 5.32 Å². The van der Waals surface area contributed by atoms with Crippen molar-refractivity contribution in [1.82, 2.24) is 5.32 Å². The van der Waals surface area contributed by atoms with Gasteiger partial charge in [0.25, 0.3) is 0 Å². The van der Waals surface area contributed by atoms with E-state index in [1.165, 1.54) is 9.35 Å². The zero-order chi connectivity index (χ0) is 11.1. The highest BCUT2D eigenvalue weighted by Crippen LogP contribution is 2.20.